The molecule has 1 rings (SSSR count). The van der Waals surface area contributed by atoms with Crippen LogP contribution in [0.4, 0.5) is 0 Å². The number of sulfonamides is 1. The zero-order chi connectivity index (χ0) is 12.9. The molecule has 102 valence electrons. The molecule has 0 radical (unpaired) electrons. The molecule has 0 aromatic carbocycles. The smallest absolute Gasteiger partial charge is 0.218 e. The van der Waals surface area contributed by atoms with Crippen molar-refractivity contribution in [1.82, 2.24) is 9.62 Å². The molecule has 1 aliphatic heterocycles. The van der Waals surface area contributed by atoms with Gasteiger partial charge in [0.05, 0.1) is 18.0 Å². The van der Waals surface area contributed by atoms with Crippen molar-refractivity contribution in [1.29, 1.82) is 0 Å². The molecule has 0 aromatic heterocycles. The molecule has 5 nitrogen and oxygen atoms in total. The summed E-state index contributed by atoms with van der Waals surface area (Å²) in [5.41, 5.74) is 0. The summed E-state index contributed by atoms with van der Waals surface area (Å²) in [7, 11) is -3.19. The summed E-state index contributed by atoms with van der Waals surface area (Å²) in [6.45, 7) is 8.53. The van der Waals surface area contributed by atoms with E-state index in [0.29, 0.717) is 26.2 Å². The lowest BCUT2D eigenvalue weighted by atomic mass is 10.2. The Morgan fingerprint density at radius 3 is 2.76 bits per heavy atom. The standard InChI is InChI=1S/C11H24N2O3S/c1-4-11-9-13(6-7-16-11)17(14,15)10(3)8-12-5-2/h10-12H,4-9H2,1-3H3. The monoisotopic (exact) mass is 264 g/mol. The van der Waals surface area contributed by atoms with Gasteiger partial charge in [-0.15, -0.1) is 0 Å². The highest BCUT2D eigenvalue weighted by Gasteiger charge is 2.32. The van der Waals surface area contributed by atoms with Crippen molar-refractivity contribution in [2.45, 2.75) is 38.5 Å². The van der Waals surface area contributed by atoms with Crippen LogP contribution in [0.25, 0.3) is 0 Å². The Morgan fingerprint density at radius 2 is 2.18 bits per heavy atom. The van der Waals surface area contributed by atoms with Crippen molar-refractivity contribution in [3.8, 4) is 0 Å². The first kappa shape index (κ1) is 14.9. The quantitative estimate of drug-likeness (QED) is 0.755. The predicted molar refractivity (Wildman–Crippen MR) is 68.5 cm³/mol. The molecule has 0 aromatic rings. The molecule has 17 heavy (non-hydrogen) atoms. The van der Waals surface area contributed by atoms with Gasteiger partial charge in [-0.3, -0.25) is 0 Å². The highest BCUT2D eigenvalue weighted by Crippen LogP contribution is 2.15. The molecule has 0 aliphatic carbocycles. The number of hydrogen-bond acceptors (Lipinski definition) is 4. The number of nitrogens with one attached hydrogen (secondary N) is 1. The predicted octanol–water partition coefficient (Wildman–Crippen LogP) is 0.425. The molecule has 0 amide bonds. The molecule has 1 heterocycles. The van der Waals surface area contributed by atoms with Crippen LogP contribution in [0.3, 0.4) is 0 Å². The Hall–Kier alpha value is -0.170. The molecule has 1 fully saturated rings. The van der Waals surface area contributed by atoms with Crippen molar-refractivity contribution < 1.29 is 13.2 Å². The van der Waals surface area contributed by atoms with Crippen molar-refractivity contribution in [3.63, 3.8) is 0 Å². The number of ether oxygens (including phenoxy) is 1. The fraction of sp³-hybridized carbons (Fsp3) is 1.00. The van der Waals surface area contributed by atoms with E-state index >= 15 is 0 Å². The summed E-state index contributed by atoms with van der Waals surface area (Å²) in [5.74, 6) is 0. The first-order valence-electron chi connectivity index (χ1n) is 6.33. The maximum Gasteiger partial charge on any atom is 0.218 e. The van der Waals surface area contributed by atoms with Crippen LogP contribution in [-0.2, 0) is 14.8 Å². The Kier molecular flexibility index (Phi) is 5.85. The van der Waals surface area contributed by atoms with Crippen LogP contribution >= 0.6 is 0 Å². The van der Waals surface area contributed by atoms with E-state index in [4.69, 9.17) is 4.74 Å². The van der Waals surface area contributed by atoms with Gasteiger partial charge in [-0.05, 0) is 19.9 Å². The molecule has 0 saturated carbocycles. The molecule has 0 spiro atoms. The average Bonchev–Trinajstić information content (AvgIpc) is 2.35. The molecular formula is C11H24N2O3S. The molecular weight excluding hydrogens is 240 g/mol. The van der Waals surface area contributed by atoms with Crippen LogP contribution < -0.4 is 5.32 Å². The molecule has 0 bridgehead atoms. The second-order valence-electron chi connectivity index (χ2n) is 4.42. The minimum atomic E-state index is -3.19. The van der Waals surface area contributed by atoms with Crippen LogP contribution in [0.1, 0.15) is 27.2 Å². The van der Waals surface area contributed by atoms with E-state index in [-0.39, 0.29) is 11.4 Å². The van der Waals surface area contributed by atoms with Gasteiger partial charge in [-0.1, -0.05) is 13.8 Å². The van der Waals surface area contributed by atoms with Gasteiger partial charge >= 0.3 is 0 Å². The van der Waals surface area contributed by atoms with Gasteiger partial charge in [0.1, 0.15) is 0 Å². The summed E-state index contributed by atoms with van der Waals surface area (Å²) in [5, 5.41) is 2.70. The zero-order valence-corrected chi connectivity index (χ0v) is 11.8. The lowest BCUT2D eigenvalue weighted by Crippen LogP contribution is -2.49. The Balaban J connectivity index is 2.62. The van der Waals surface area contributed by atoms with Gasteiger partial charge in [-0.2, -0.15) is 4.31 Å². The zero-order valence-electron chi connectivity index (χ0n) is 11.0. The summed E-state index contributed by atoms with van der Waals surface area (Å²) >= 11 is 0. The third-order valence-electron chi connectivity index (χ3n) is 3.11. The van der Waals surface area contributed by atoms with Crippen LogP contribution in [-0.4, -0.2) is 56.9 Å². The first-order valence-corrected chi connectivity index (χ1v) is 7.84. The highest BCUT2D eigenvalue weighted by molar-refractivity contribution is 7.89. The second kappa shape index (κ2) is 6.68. The number of rotatable bonds is 6. The average molecular weight is 264 g/mol. The molecule has 1 N–H and O–H groups in total. The van der Waals surface area contributed by atoms with Gasteiger partial charge in [0.15, 0.2) is 0 Å². The Labute approximate surface area is 105 Å². The molecule has 1 aliphatic rings. The van der Waals surface area contributed by atoms with Gasteiger partial charge in [-0.25, -0.2) is 8.42 Å². The summed E-state index contributed by atoms with van der Waals surface area (Å²) in [4.78, 5) is 0. The topological polar surface area (TPSA) is 58.6 Å². The number of nitrogens with zero attached hydrogens (tertiary/aromatic N) is 1. The minimum Gasteiger partial charge on any atom is -0.375 e. The highest BCUT2D eigenvalue weighted by atomic mass is 32.2. The van der Waals surface area contributed by atoms with E-state index < -0.39 is 10.0 Å². The molecule has 2 atom stereocenters. The van der Waals surface area contributed by atoms with E-state index in [2.05, 4.69) is 5.32 Å². The van der Waals surface area contributed by atoms with Crippen LogP contribution in [0.2, 0.25) is 0 Å². The van der Waals surface area contributed by atoms with Crippen LogP contribution in [0.15, 0.2) is 0 Å². The van der Waals surface area contributed by atoms with Gasteiger partial charge in [0.2, 0.25) is 10.0 Å². The normalized spacial score (nSPS) is 24.8. The van der Waals surface area contributed by atoms with E-state index in [1.54, 1.807) is 11.2 Å². The van der Waals surface area contributed by atoms with Gasteiger partial charge < -0.3 is 10.1 Å². The summed E-state index contributed by atoms with van der Waals surface area (Å²) < 4.78 is 31.6. The number of hydrogen-bond donors (Lipinski definition) is 1. The second-order valence-corrected chi connectivity index (χ2v) is 6.77. The first-order chi connectivity index (χ1) is 8.02. The maximum atomic E-state index is 12.3. The van der Waals surface area contributed by atoms with Crippen molar-refractivity contribution >= 4 is 10.0 Å². The van der Waals surface area contributed by atoms with Crippen molar-refractivity contribution in [2.75, 3.05) is 32.8 Å². The SMILES string of the molecule is CCNCC(C)S(=O)(=O)N1CCOC(CC)C1. The Morgan fingerprint density at radius 1 is 1.47 bits per heavy atom. The lowest BCUT2D eigenvalue weighted by Gasteiger charge is -2.33. The summed E-state index contributed by atoms with van der Waals surface area (Å²) in [6, 6.07) is 0. The van der Waals surface area contributed by atoms with E-state index in [0.717, 1.165) is 13.0 Å². The van der Waals surface area contributed by atoms with Crippen molar-refractivity contribution in [2.24, 2.45) is 0 Å². The fourth-order valence-electron chi connectivity index (χ4n) is 1.88. The van der Waals surface area contributed by atoms with Crippen LogP contribution in [0, 0.1) is 0 Å². The largest absolute Gasteiger partial charge is 0.375 e. The minimum absolute atomic E-state index is 0.0462. The molecule has 2 unspecified atom stereocenters. The fourth-order valence-corrected chi connectivity index (χ4v) is 3.42. The third kappa shape index (κ3) is 3.91. The number of morpholine rings is 1. The van der Waals surface area contributed by atoms with E-state index in [1.807, 2.05) is 13.8 Å². The molecule has 6 heteroatoms. The maximum absolute atomic E-state index is 12.3. The van der Waals surface area contributed by atoms with E-state index in [9.17, 15) is 8.42 Å². The van der Waals surface area contributed by atoms with Gasteiger partial charge in [0.25, 0.3) is 0 Å². The van der Waals surface area contributed by atoms with Gasteiger partial charge in [0, 0.05) is 19.6 Å². The molecule has 1 saturated heterocycles. The third-order valence-corrected chi connectivity index (χ3v) is 5.34. The van der Waals surface area contributed by atoms with Crippen molar-refractivity contribution in [3.05, 3.63) is 0 Å². The Bertz CT molecular complexity index is 319. The summed E-state index contributed by atoms with van der Waals surface area (Å²) in [6.07, 6.45) is 0.901. The van der Waals surface area contributed by atoms with E-state index in [1.165, 1.54) is 0 Å². The lowest BCUT2D eigenvalue weighted by molar-refractivity contribution is -0.00300. The van der Waals surface area contributed by atoms with Crippen LogP contribution in [0.5, 0.6) is 0 Å².